The van der Waals surface area contributed by atoms with Gasteiger partial charge in [0.05, 0.1) is 9.79 Å². The number of aryl methyl sites for hydroxylation is 2. The van der Waals surface area contributed by atoms with Crippen LogP contribution in [0.3, 0.4) is 0 Å². The average molecular weight is 601 g/mol. The van der Waals surface area contributed by atoms with E-state index in [0.29, 0.717) is 49.0 Å². The molecule has 0 saturated carbocycles. The molecule has 0 aliphatic carbocycles. The maximum atomic E-state index is 13.3. The number of benzene rings is 4. The number of hydrogen-bond donors (Lipinski definition) is 0. The highest BCUT2D eigenvalue weighted by molar-refractivity contribution is 7.90. The minimum absolute atomic E-state index is 0.125. The maximum Gasteiger partial charge on any atom is 0.284 e. The number of hydrogen-bond acceptors (Lipinski definition) is 4. The minimum atomic E-state index is -3.97. The third kappa shape index (κ3) is 6.78. The number of nitrogens with zero attached hydrogens (tertiary/aromatic N) is 4. The second-order valence-electron chi connectivity index (χ2n) is 10.1. The predicted octanol–water partition coefficient (Wildman–Crippen LogP) is 4.89. The van der Waals surface area contributed by atoms with Crippen molar-refractivity contribution in [2.75, 3.05) is 26.2 Å². The first kappa shape index (κ1) is 29.2. The molecule has 1 aliphatic heterocycles. The second-order valence-corrected chi connectivity index (χ2v) is 13.3. The molecule has 1 heterocycles. The van der Waals surface area contributed by atoms with Gasteiger partial charge in [-0.1, -0.05) is 96.1 Å². The highest BCUT2D eigenvalue weighted by Gasteiger charge is 2.27. The summed E-state index contributed by atoms with van der Waals surface area (Å²) < 4.78 is 61.9. The van der Waals surface area contributed by atoms with Crippen LogP contribution in [0.4, 0.5) is 0 Å². The zero-order valence-electron chi connectivity index (χ0n) is 23.5. The Morgan fingerprint density at radius 1 is 0.500 bits per heavy atom. The summed E-state index contributed by atoms with van der Waals surface area (Å²) in [6.07, 6.45) is 0. The standard InChI is InChI=1S/C32H32N4O4S2/c1-25-13-17-29(18-14-25)41(37,38)33-31(27-9-5-3-6-10-27)35-21-23-36(24-22-35)32(28-11-7-4-8-12-28)34-42(39,40)30-19-15-26(2)16-20-30/h3-20H,21-24H2,1-2H3/b33-31+,34-32+. The Morgan fingerprint density at radius 2 is 0.810 bits per heavy atom. The summed E-state index contributed by atoms with van der Waals surface area (Å²) >= 11 is 0. The second kappa shape index (κ2) is 12.3. The number of rotatable bonds is 6. The zero-order chi connectivity index (χ0) is 29.7. The van der Waals surface area contributed by atoms with Gasteiger partial charge in [-0.15, -0.1) is 8.80 Å². The van der Waals surface area contributed by atoms with Crippen LogP contribution >= 0.6 is 0 Å². The monoisotopic (exact) mass is 600 g/mol. The van der Waals surface area contributed by atoms with Crippen molar-refractivity contribution in [3.8, 4) is 0 Å². The van der Waals surface area contributed by atoms with Crippen LogP contribution in [0, 0.1) is 13.8 Å². The maximum absolute atomic E-state index is 13.3. The summed E-state index contributed by atoms with van der Waals surface area (Å²) in [5.74, 6) is 0.697. The SMILES string of the molecule is Cc1ccc(S(=O)(=O)/N=C(\c2ccccc2)N2CCN(/C(=N/S(=O)(=O)c3ccc(C)cc3)c3ccccc3)CC2)cc1. The van der Waals surface area contributed by atoms with Crippen LogP contribution in [-0.4, -0.2) is 64.5 Å². The summed E-state index contributed by atoms with van der Waals surface area (Å²) in [6.45, 7) is 5.43. The molecule has 8 nitrogen and oxygen atoms in total. The van der Waals surface area contributed by atoms with Crippen LogP contribution in [0.1, 0.15) is 22.3 Å². The molecule has 4 aromatic rings. The van der Waals surface area contributed by atoms with Crippen molar-refractivity contribution in [2.45, 2.75) is 23.6 Å². The van der Waals surface area contributed by atoms with Gasteiger partial charge in [0.1, 0.15) is 11.7 Å². The summed E-state index contributed by atoms with van der Waals surface area (Å²) in [4.78, 5) is 4.10. The van der Waals surface area contributed by atoms with Crippen LogP contribution in [0.25, 0.3) is 0 Å². The van der Waals surface area contributed by atoms with E-state index in [1.807, 2.05) is 84.3 Å². The molecule has 0 N–H and O–H groups in total. The fraction of sp³-hybridized carbons (Fsp3) is 0.188. The van der Waals surface area contributed by atoms with E-state index in [2.05, 4.69) is 8.80 Å². The third-order valence-corrected chi connectivity index (χ3v) is 9.56. The lowest BCUT2D eigenvalue weighted by molar-refractivity contribution is 0.260. The lowest BCUT2D eigenvalue weighted by Crippen LogP contribution is -2.51. The molecule has 4 aromatic carbocycles. The topological polar surface area (TPSA) is 99.5 Å². The Bertz CT molecular complexity index is 1660. The Kier molecular flexibility index (Phi) is 8.56. The molecule has 5 rings (SSSR count). The molecule has 0 atom stereocenters. The van der Waals surface area contributed by atoms with Gasteiger partial charge < -0.3 is 9.80 Å². The first-order chi connectivity index (χ1) is 20.1. The van der Waals surface area contributed by atoms with Crippen molar-refractivity contribution in [2.24, 2.45) is 8.80 Å². The van der Waals surface area contributed by atoms with E-state index in [1.165, 1.54) is 0 Å². The van der Waals surface area contributed by atoms with Gasteiger partial charge in [0.2, 0.25) is 0 Å². The largest absolute Gasteiger partial charge is 0.352 e. The average Bonchev–Trinajstić information content (AvgIpc) is 3.00. The van der Waals surface area contributed by atoms with E-state index in [4.69, 9.17) is 0 Å². The molecule has 42 heavy (non-hydrogen) atoms. The smallest absolute Gasteiger partial charge is 0.284 e. The number of amidine groups is 2. The molecular formula is C32H32N4O4S2. The first-order valence-electron chi connectivity index (χ1n) is 13.6. The molecule has 216 valence electrons. The summed E-state index contributed by atoms with van der Waals surface area (Å²) in [7, 11) is -7.95. The fourth-order valence-corrected chi connectivity index (χ4v) is 6.71. The highest BCUT2D eigenvalue weighted by atomic mass is 32.2. The predicted molar refractivity (Wildman–Crippen MR) is 166 cm³/mol. The molecular weight excluding hydrogens is 569 g/mol. The van der Waals surface area contributed by atoms with Crippen LogP contribution in [0.2, 0.25) is 0 Å². The molecule has 1 aliphatic rings. The number of sulfonamides is 2. The van der Waals surface area contributed by atoms with Gasteiger partial charge in [0, 0.05) is 37.3 Å². The molecule has 1 saturated heterocycles. The van der Waals surface area contributed by atoms with Gasteiger partial charge in [0.25, 0.3) is 20.0 Å². The lowest BCUT2D eigenvalue weighted by atomic mass is 10.1. The highest BCUT2D eigenvalue weighted by Crippen LogP contribution is 2.20. The van der Waals surface area contributed by atoms with Crippen LogP contribution in [0.15, 0.2) is 128 Å². The van der Waals surface area contributed by atoms with Crippen molar-refractivity contribution in [1.29, 1.82) is 0 Å². The molecule has 0 spiro atoms. The van der Waals surface area contributed by atoms with Gasteiger partial charge in [0.15, 0.2) is 0 Å². The number of piperazine rings is 1. The van der Waals surface area contributed by atoms with Gasteiger partial charge >= 0.3 is 0 Å². The summed E-state index contributed by atoms with van der Waals surface area (Å²) in [6, 6.07) is 31.7. The van der Waals surface area contributed by atoms with Crippen LogP contribution in [-0.2, 0) is 20.0 Å². The Balaban J connectivity index is 1.46. The van der Waals surface area contributed by atoms with Crippen molar-refractivity contribution < 1.29 is 16.8 Å². The van der Waals surface area contributed by atoms with Crippen LogP contribution in [0.5, 0.6) is 0 Å². The first-order valence-corrected chi connectivity index (χ1v) is 16.4. The Labute approximate surface area is 247 Å². The Hall–Kier alpha value is -4.28. The summed E-state index contributed by atoms with van der Waals surface area (Å²) in [5, 5.41) is 0. The van der Waals surface area contributed by atoms with Crippen molar-refractivity contribution in [3.63, 3.8) is 0 Å². The molecule has 0 aromatic heterocycles. The molecule has 10 heteroatoms. The van der Waals surface area contributed by atoms with E-state index >= 15 is 0 Å². The normalized spacial score (nSPS) is 15.1. The quantitative estimate of drug-likeness (QED) is 0.231. The summed E-state index contributed by atoms with van der Waals surface area (Å²) in [5.41, 5.74) is 3.27. The van der Waals surface area contributed by atoms with E-state index in [0.717, 1.165) is 11.1 Å². The fourth-order valence-electron chi connectivity index (χ4n) is 4.64. The molecule has 0 amide bonds. The van der Waals surface area contributed by atoms with Crippen molar-refractivity contribution in [3.05, 3.63) is 131 Å². The van der Waals surface area contributed by atoms with E-state index < -0.39 is 20.0 Å². The van der Waals surface area contributed by atoms with Gasteiger partial charge in [-0.2, -0.15) is 16.8 Å². The van der Waals surface area contributed by atoms with E-state index in [9.17, 15) is 16.8 Å². The van der Waals surface area contributed by atoms with Gasteiger partial charge in [-0.25, -0.2) is 0 Å². The van der Waals surface area contributed by atoms with Crippen molar-refractivity contribution >= 4 is 31.7 Å². The van der Waals surface area contributed by atoms with Crippen LogP contribution < -0.4 is 0 Å². The van der Waals surface area contributed by atoms with Gasteiger partial charge in [-0.05, 0) is 38.1 Å². The van der Waals surface area contributed by atoms with Gasteiger partial charge in [-0.3, -0.25) is 0 Å². The Morgan fingerprint density at radius 3 is 1.12 bits per heavy atom. The molecule has 0 radical (unpaired) electrons. The van der Waals surface area contributed by atoms with E-state index in [1.54, 1.807) is 48.5 Å². The minimum Gasteiger partial charge on any atom is -0.352 e. The van der Waals surface area contributed by atoms with Crippen molar-refractivity contribution in [1.82, 2.24) is 9.80 Å². The third-order valence-electron chi connectivity index (χ3n) is 6.99. The molecule has 0 unspecified atom stereocenters. The molecule has 1 fully saturated rings. The zero-order valence-corrected chi connectivity index (χ0v) is 25.1. The molecule has 0 bridgehead atoms. The lowest BCUT2D eigenvalue weighted by Gasteiger charge is -2.38. The van der Waals surface area contributed by atoms with E-state index in [-0.39, 0.29) is 9.79 Å².